The summed E-state index contributed by atoms with van der Waals surface area (Å²) in [5.41, 5.74) is 2.76. The Bertz CT molecular complexity index is 1070. The highest BCUT2D eigenvalue weighted by Gasteiger charge is 2.41. The van der Waals surface area contributed by atoms with Crippen LogP contribution >= 0.6 is 12.2 Å². The maximum absolute atomic E-state index is 14.0. The molecular formula is C24H26FN5OS. The molecule has 0 spiro atoms. The highest BCUT2D eigenvalue weighted by molar-refractivity contribution is 7.80. The predicted octanol–water partition coefficient (Wildman–Crippen LogP) is 3.32. The maximum Gasteiger partial charge on any atom is 0.170 e. The van der Waals surface area contributed by atoms with Crippen molar-refractivity contribution < 1.29 is 9.13 Å². The third-order valence-electron chi connectivity index (χ3n) is 6.13. The molecule has 3 aromatic rings. The lowest BCUT2D eigenvalue weighted by Gasteiger charge is -2.32. The Morgan fingerprint density at radius 1 is 1.06 bits per heavy atom. The van der Waals surface area contributed by atoms with Gasteiger partial charge >= 0.3 is 0 Å². The first-order chi connectivity index (χ1) is 15.7. The monoisotopic (exact) mass is 451 g/mol. The van der Waals surface area contributed by atoms with E-state index in [1.54, 1.807) is 18.3 Å². The molecule has 1 aromatic carbocycles. The van der Waals surface area contributed by atoms with E-state index in [1.165, 1.54) is 6.07 Å². The van der Waals surface area contributed by atoms with E-state index in [1.807, 2.05) is 41.1 Å². The molecule has 2 aliphatic rings. The zero-order valence-corrected chi connectivity index (χ0v) is 18.5. The summed E-state index contributed by atoms with van der Waals surface area (Å²) in [7, 11) is 0. The summed E-state index contributed by atoms with van der Waals surface area (Å²) in [6, 6.07) is 16.5. The second-order valence-corrected chi connectivity index (χ2v) is 8.44. The van der Waals surface area contributed by atoms with Gasteiger partial charge in [-0.25, -0.2) is 4.39 Å². The number of rotatable bonds is 6. The first-order valence-electron chi connectivity index (χ1n) is 10.9. The number of aromatic nitrogens is 2. The van der Waals surface area contributed by atoms with E-state index in [0.29, 0.717) is 5.11 Å². The second-order valence-electron chi connectivity index (χ2n) is 8.06. The Labute approximate surface area is 192 Å². The molecule has 2 aromatic heterocycles. The van der Waals surface area contributed by atoms with Gasteiger partial charge in [0, 0.05) is 50.0 Å². The molecule has 2 saturated heterocycles. The molecule has 1 N–H and O–H groups in total. The van der Waals surface area contributed by atoms with Gasteiger partial charge in [0.15, 0.2) is 5.11 Å². The van der Waals surface area contributed by atoms with Gasteiger partial charge in [0.1, 0.15) is 5.82 Å². The van der Waals surface area contributed by atoms with E-state index < -0.39 is 0 Å². The summed E-state index contributed by atoms with van der Waals surface area (Å²) in [6.45, 7) is 5.09. The van der Waals surface area contributed by atoms with E-state index in [9.17, 15) is 4.39 Å². The Morgan fingerprint density at radius 2 is 1.94 bits per heavy atom. The van der Waals surface area contributed by atoms with Crippen molar-refractivity contribution in [2.75, 3.05) is 39.4 Å². The minimum atomic E-state index is -0.257. The van der Waals surface area contributed by atoms with Crippen LogP contribution in [-0.4, -0.2) is 63.9 Å². The van der Waals surface area contributed by atoms with Crippen LogP contribution in [0, 0.1) is 5.82 Å². The van der Waals surface area contributed by atoms with Crippen molar-refractivity contribution in [2.45, 2.75) is 12.1 Å². The third-order valence-corrected chi connectivity index (χ3v) is 6.48. The molecule has 0 saturated carbocycles. The minimum Gasteiger partial charge on any atom is -0.379 e. The largest absolute Gasteiger partial charge is 0.379 e. The topological polar surface area (TPSA) is 45.6 Å². The number of ether oxygens (including phenoxy) is 1. The van der Waals surface area contributed by atoms with Crippen LogP contribution in [0.2, 0.25) is 0 Å². The molecule has 32 heavy (non-hydrogen) atoms. The van der Waals surface area contributed by atoms with Crippen molar-refractivity contribution in [1.29, 1.82) is 0 Å². The van der Waals surface area contributed by atoms with Crippen LogP contribution < -0.4 is 5.32 Å². The summed E-state index contributed by atoms with van der Waals surface area (Å²) in [6.07, 6.45) is 3.78. The number of thiocarbonyl (C=S) groups is 1. The molecule has 2 fully saturated rings. The average molecular weight is 452 g/mol. The SMILES string of the molecule is Fc1cccc(-n2cccc2[C@H]2[C@@H](c3ccccn3)NC(=S)N2CCN2CCOCC2)c1. The first-order valence-corrected chi connectivity index (χ1v) is 11.3. The zero-order chi connectivity index (χ0) is 21.9. The van der Waals surface area contributed by atoms with E-state index >= 15 is 0 Å². The predicted molar refractivity (Wildman–Crippen MR) is 125 cm³/mol. The number of benzene rings is 1. The average Bonchev–Trinajstić information content (AvgIpc) is 3.43. The van der Waals surface area contributed by atoms with Crippen LogP contribution in [0.3, 0.4) is 0 Å². The summed E-state index contributed by atoms with van der Waals surface area (Å²) >= 11 is 5.79. The van der Waals surface area contributed by atoms with Crippen LogP contribution in [0.25, 0.3) is 5.69 Å². The lowest BCUT2D eigenvalue weighted by molar-refractivity contribution is 0.0349. The lowest BCUT2D eigenvalue weighted by Crippen LogP contribution is -2.42. The van der Waals surface area contributed by atoms with Gasteiger partial charge in [0.05, 0.1) is 31.0 Å². The summed E-state index contributed by atoms with van der Waals surface area (Å²) in [5, 5.41) is 4.21. The number of pyridine rings is 1. The standard InChI is InChI=1S/C24H26FN5OS/c25-18-5-3-6-19(17-18)29-10-4-8-21(29)23-22(20-7-1-2-9-26-20)27-24(32)30(23)12-11-28-13-15-31-16-14-28/h1-10,17,22-23H,11-16H2,(H,27,32)/t22-,23+/m1/s1. The molecule has 0 amide bonds. The van der Waals surface area contributed by atoms with Gasteiger partial charge in [0.2, 0.25) is 0 Å². The van der Waals surface area contributed by atoms with Gasteiger partial charge in [-0.2, -0.15) is 0 Å². The zero-order valence-electron chi connectivity index (χ0n) is 17.7. The van der Waals surface area contributed by atoms with Gasteiger partial charge in [-0.15, -0.1) is 0 Å². The molecular weight excluding hydrogens is 425 g/mol. The minimum absolute atomic E-state index is 0.0725. The van der Waals surface area contributed by atoms with E-state index in [4.69, 9.17) is 17.0 Å². The van der Waals surface area contributed by atoms with Crippen LogP contribution in [-0.2, 0) is 4.74 Å². The van der Waals surface area contributed by atoms with Gasteiger partial charge in [-0.3, -0.25) is 9.88 Å². The molecule has 5 rings (SSSR count). The van der Waals surface area contributed by atoms with Gasteiger partial charge in [0.25, 0.3) is 0 Å². The molecule has 0 radical (unpaired) electrons. The van der Waals surface area contributed by atoms with Crippen LogP contribution in [0.1, 0.15) is 23.5 Å². The molecule has 8 heteroatoms. The molecule has 2 atom stereocenters. The quantitative estimate of drug-likeness (QED) is 0.581. The van der Waals surface area contributed by atoms with Crippen molar-refractivity contribution in [3.8, 4) is 5.69 Å². The molecule has 0 unspecified atom stereocenters. The Kier molecular flexibility index (Phi) is 6.16. The number of hydrogen-bond acceptors (Lipinski definition) is 4. The fourth-order valence-corrected chi connectivity index (χ4v) is 4.87. The Morgan fingerprint density at radius 3 is 2.72 bits per heavy atom. The number of halogens is 1. The maximum atomic E-state index is 14.0. The summed E-state index contributed by atoms with van der Waals surface area (Å²) in [4.78, 5) is 9.26. The number of morpholine rings is 1. The first kappa shape index (κ1) is 21.1. The van der Waals surface area contributed by atoms with Crippen molar-refractivity contribution in [1.82, 2.24) is 24.7 Å². The van der Waals surface area contributed by atoms with Crippen molar-refractivity contribution >= 4 is 17.3 Å². The fourth-order valence-electron chi connectivity index (χ4n) is 4.54. The van der Waals surface area contributed by atoms with E-state index in [2.05, 4.69) is 26.2 Å². The second kappa shape index (κ2) is 9.36. The smallest absolute Gasteiger partial charge is 0.170 e. The van der Waals surface area contributed by atoms with Crippen molar-refractivity contribution in [2.24, 2.45) is 0 Å². The summed E-state index contributed by atoms with van der Waals surface area (Å²) in [5.74, 6) is -0.257. The highest BCUT2D eigenvalue weighted by Crippen LogP contribution is 2.39. The van der Waals surface area contributed by atoms with E-state index in [0.717, 1.165) is 56.5 Å². The Hall–Kier alpha value is -2.81. The molecule has 4 heterocycles. The van der Waals surface area contributed by atoms with Gasteiger partial charge in [-0.1, -0.05) is 12.1 Å². The molecule has 166 valence electrons. The number of nitrogens with one attached hydrogen (secondary N) is 1. The van der Waals surface area contributed by atoms with Crippen LogP contribution in [0.4, 0.5) is 4.39 Å². The van der Waals surface area contributed by atoms with Crippen LogP contribution in [0.5, 0.6) is 0 Å². The van der Waals surface area contributed by atoms with Crippen molar-refractivity contribution in [3.63, 3.8) is 0 Å². The molecule has 6 nitrogen and oxygen atoms in total. The highest BCUT2D eigenvalue weighted by atomic mass is 32.1. The fraction of sp³-hybridized carbons (Fsp3) is 0.333. The normalized spacial score (nSPS) is 21.7. The molecule has 0 bridgehead atoms. The third kappa shape index (κ3) is 4.26. The summed E-state index contributed by atoms with van der Waals surface area (Å²) < 4.78 is 21.5. The molecule has 0 aliphatic carbocycles. The Balaban J connectivity index is 1.50. The lowest BCUT2D eigenvalue weighted by atomic mass is 10.0. The molecule has 2 aliphatic heterocycles. The van der Waals surface area contributed by atoms with Gasteiger partial charge in [-0.05, 0) is 54.7 Å². The number of nitrogens with zero attached hydrogens (tertiary/aromatic N) is 4. The van der Waals surface area contributed by atoms with Crippen molar-refractivity contribution in [3.05, 3.63) is 84.2 Å². The number of hydrogen-bond donors (Lipinski definition) is 1. The van der Waals surface area contributed by atoms with E-state index in [-0.39, 0.29) is 17.9 Å². The van der Waals surface area contributed by atoms with Crippen LogP contribution in [0.15, 0.2) is 67.0 Å². The van der Waals surface area contributed by atoms with Gasteiger partial charge < -0.3 is 19.5 Å².